The summed E-state index contributed by atoms with van der Waals surface area (Å²) in [6.07, 6.45) is 1.04. The van der Waals surface area contributed by atoms with E-state index in [9.17, 15) is 0 Å². The summed E-state index contributed by atoms with van der Waals surface area (Å²) in [5, 5.41) is 0. The van der Waals surface area contributed by atoms with Crippen molar-refractivity contribution in [2.75, 3.05) is 0 Å². The Balaban J connectivity index is 2.17. The quantitative estimate of drug-likeness (QED) is 0.670. The van der Waals surface area contributed by atoms with Crippen LogP contribution in [0.4, 0.5) is 0 Å². The standard InChI is InChI=1S/C15H14BrClO/c1-2-11-3-6-13(7-4-11)18-15-8-5-12(10-17)9-14(15)16/h3-9H,2,10H2,1H3. The number of halogens is 2. The van der Waals surface area contributed by atoms with Crippen LogP contribution in [0.3, 0.4) is 0 Å². The van der Waals surface area contributed by atoms with Crippen LogP contribution in [0.2, 0.25) is 0 Å². The lowest BCUT2D eigenvalue weighted by Crippen LogP contribution is -1.88. The zero-order valence-corrected chi connectivity index (χ0v) is 12.5. The number of rotatable bonds is 4. The van der Waals surface area contributed by atoms with Gasteiger partial charge in [-0.3, -0.25) is 0 Å². The lowest BCUT2D eigenvalue weighted by Gasteiger charge is -2.09. The van der Waals surface area contributed by atoms with Crippen molar-refractivity contribution < 1.29 is 4.74 Å². The van der Waals surface area contributed by atoms with Crippen LogP contribution in [-0.2, 0) is 12.3 Å². The zero-order chi connectivity index (χ0) is 13.0. The lowest BCUT2D eigenvalue weighted by molar-refractivity contribution is 0.479. The predicted molar refractivity (Wildman–Crippen MR) is 79.6 cm³/mol. The molecule has 0 unspecified atom stereocenters. The van der Waals surface area contributed by atoms with Crippen LogP contribution in [-0.4, -0.2) is 0 Å². The van der Waals surface area contributed by atoms with Crippen LogP contribution in [0.15, 0.2) is 46.9 Å². The fraction of sp³-hybridized carbons (Fsp3) is 0.200. The third-order valence-electron chi connectivity index (χ3n) is 2.71. The number of alkyl halides is 1. The maximum Gasteiger partial charge on any atom is 0.141 e. The molecule has 18 heavy (non-hydrogen) atoms. The molecular weight excluding hydrogens is 312 g/mol. The number of benzene rings is 2. The van der Waals surface area contributed by atoms with Gasteiger partial charge in [0.1, 0.15) is 11.5 Å². The SMILES string of the molecule is CCc1ccc(Oc2ccc(CCl)cc2Br)cc1. The maximum atomic E-state index is 5.82. The molecule has 1 nitrogen and oxygen atoms in total. The van der Waals surface area contributed by atoms with Crippen molar-refractivity contribution in [3.8, 4) is 11.5 Å². The molecule has 0 N–H and O–H groups in total. The molecule has 0 aromatic heterocycles. The van der Waals surface area contributed by atoms with Crippen LogP contribution < -0.4 is 4.74 Å². The van der Waals surface area contributed by atoms with E-state index >= 15 is 0 Å². The lowest BCUT2D eigenvalue weighted by atomic mass is 10.2. The number of aryl methyl sites for hydroxylation is 1. The van der Waals surface area contributed by atoms with Gasteiger partial charge in [-0.15, -0.1) is 11.6 Å². The topological polar surface area (TPSA) is 9.23 Å². The van der Waals surface area contributed by atoms with Gasteiger partial charge in [-0.2, -0.15) is 0 Å². The molecule has 0 saturated heterocycles. The monoisotopic (exact) mass is 324 g/mol. The summed E-state index contributed by atoms with van der Waals surface area (Å²) in [7, 11) is 0. The van der Waals surface area contributed by atoms with Gasteiger partial charge in [0.05, 0.1) is 4.47 Å². The van der Waals surface area contributed by atoms with Gasteiger partial charge in [0, 0.05) is 5.88 Å². The van der Waals surface area contributed by atoms with E-state index in [0.29, 0.717) is 5.88 Å². The summed E-state index contributed by atoms with van der Waals surface area (Å²) in [5.41, 5.74) is 2.37. The first-order chi connectivity index (χ1) is 8.72. The normalized spacial score (nSPS) is 10.4. The molecule has 3 heteroatoms. The Morgan fingerprint density at radius 3 is 2.28 bits per heavy atom. The highest BCUT2D eigenvalue weighted by molar-refractivity contribution is 9.10. The summed E-state index contributed by atoms with van der Waals surface area (Å²) in [5.74, 6) is 2.14. The second-order valence-electron chi connectivity index (χ2n) is 4.00. The van der Waals surface area contributed by atoms with Crippen molar-refractivity contribution in [1.29, 1.82) is 0 Å². The van der Waals surface area contributed by atoms with Gasteiger partial charge in [-0.25, -0.2) is 0 Å². The molecule has 0 aliphatic rings. The summed E-state index contributed by atoms with van der Waals surface area (Å²) in [6.45, 7) is 2.14. The fourth-order valence-electron chi connectivity index (χ4n) is 1.63. The van der Waals surface area contributed by atoms with E-state index in [2.05, 4.69) is 35.0 Å². The van der Waals surface area contributed by atoms with Crippen LogP contribution in [0.1, 0.15) is 18.1 Å². The average Bonchev–Trinajstić information content (AvgIpc) is 2.42. The second-order valence-corrected chi connectivity index (χ2v) is 5.12. The molecule has 0 atom stereocenters. The van der Waals surface area contributed by atoms with E-state index in [1.807, 2.05) is 30.3 Å². The highest BCUT2D eigenvalue weighted by atomic mass is 79.9. The van der Waals surface area contributed by atoms with Crippen molar-refractivity contribution in [3.05, 3.63) is 58.1 Å². The summed E-state index contributed by atoms with van der Waals surface area (Å²) in [4.78, 5) is 0. The van der Waals surface area contributed by atoms with Gasteiger partial charge in [-0.1, -0.05) is 25.1 Å². The molecule has 0 aliphatic heterocycles. The van der Waals surface area contributed by atoms with Crippen LogP contribution in [0.25, 0.3) is 0 Å². The van der Waals surface area contributed by atoms with Crippen molar-refractivity contribution >= 4 is 27.5 Å². The highest BCUT2D eigenvalue weighted by Gasteiger charge is 2.04. The van der Waals surface area contributed by atoms with Crippen LogP contribution >= 0.6 is 27.5 Å². The van der Waals surface area contributed by atoms with Crippen molar-refractivity contribution in [2.45, 2.75) is 19.2 Å². The van der Waals surface area contributed by atoms with Gasteiger partial charge in [0.15, 0.2) is 0 Å². The fourth-order valence-corrected chi connectivity index (χ4v) is 2.30. The smallest absolute Gasteiger partial charge is 0.141 e. The van der Waals surface area contributed by atoms with E-state index in [1.165, 1.54) is 5.56 Å². The molecular formula is C15H14BrClO. The van der Waals surface area contributed by atoms with Gasteiger partial charge in [0.2, 0.25) is 0 Å². The van der Waals surface area contributed by atoms with Gasteiger partial charge < -0.3 is 4.74 Å². The Hall–Kier alpha value is -0.990. The minimum absolute atomic E-state index is 0.504. The third-order valence-corrected chi connectivity index (χ3v) is 3.64. The Kier molecular flexibility index (Phi) is 4.67. The predicted octanol–water partition coefficient (Wildman–Crippen LogP) is 5.54. The molecule has 2 aromatic rings. The number of hydrogen-bond donors (Lipinski definition) is 0. The minimum atomic E-state index is 0.504. The van der Waals surface area contributed by atoms with Gasteiger partial charge in [-0.05, 0) is 57.7 Å². The Morgan fingerprint density at radius 2 is 1.72 bits per heavy atom. The summed E-state index contributed by atoms with van der Waals surface area (Å²) >= 11 is 9.27. The average molecular weight is 326 g/mol. The molecule has 0 radical (unpaired) electrons. The van der Waals surface area contributed by atoms with Crippen molar-refractivity contribution in [3.63, 3.8) is 0 Å². The van der Waals surface area contributed by atoms with Gasteiger partial charge >= 0.3 is 0 Å². The van der Waals surface area contributed by atoms with E-state index in [1.54, 1.807) is 0 Å². The van der Waals surface area contributed by atoms with Crippen molar-refractivity contribution in [2.24, 2.45) is 0 Å². The largest absolute Gasteiger partial charge is 0.456 e. The molecule has 0 saturated carbocycles. The van der Waals surface area contributed by atoms with E-state index in [0.717, 1.165) is 28.0 Å². The molecule has 2 rings (SSSR count). The number of ether oxygens (including phenoxy) is 1. The second kappa shape index (κ2) is 6.26. The summed E-state index contributed by atoms with van der Waals surface area (Å²) in [6, 6.07) is 14.0. The molecule has 0 heterocycles. The van der Waals surface area contributed by atoms with E-state index < -0.39 is 0 Å². The maximum absolute atomic E-state index is 5.82. The van der Waals surface area contributed by atoms with E-state index in [-0.39, 0.29) is 0 Å². The first kappa shape index (κ1) is 13.4. The molecule has 0 amide bonds. The van der Waals surface area contributed by atoms with Crippen LogP contribution in [0, 0.1) is 0 Å². The molecule has 0 bridgehead atoms. The molecule has 94 valence electrons. The summed E-state index contributed by atoms with van der Waals surface area (Å²) < 4.78 is 6.74. The van der Waals surface area contributed by atoms with Crippen LogP contribution in [0.5, 0.6) is 11.5 Å². The molecule has 0 fully saturated rings. The third kappa shape index (κ3) is 3.27. The molecule has 0 spiro atoms. The molecule has 2 aromatic carbocycles. The highest BCUT2D eigenvalue weighted by Crippen LogP contribution is 2.31. The van der Waals surface area contributed by atoms with Crippen molar-refractivity contribution in [1.82, 2.24) is 0 Å². The Labute approximate surface area is 121 Å². The number of hydrogen-bond acceptors (Lipinski definition) is 1. The van der Waals surface area contributed by atoms with E-state index in [4.69, 9.17) is 16.3 Å². The van der Waals surface area contributed by atoms with Gasteiger partial charge in [0.25, 0.3) is 0 Å². The first-order valence-electron chi connectivity index (χ1n) is 5.84. The Bertz CT molecular complexity index is 523. The minimum Gasteiger partial charge on any atom is -0.456 e. The molecule has 0 aliphatic carbocycles. The Morgan fingerprint density at radius 1 is 1.06 bits per heavy atom. The zero-order valence-electron chi connectivity index (χ0n) is 10.1. The first-order valence-corrected chi connectivity index (χ1v) is 7.17.